The fourth-order valence-corrected chi connectivity index (χ4v) is 7.39. The van der Waals surface area contributed by atoms with E-state index >= 15 is 0 Å². The van der Waals surface area contributed by atoms with Crippen LogP contribution in [0.3, 0.4) is 0 Å². The van der Waals surface area contributed by atoms with Crippen LogP contribution in [0.4, 0.5) is 0 Å². The van der Waals surface area contributed by atoms with E-state index in [1.165, 1.54) is 43.5 Å². The van der Waals surface area contributed by atoms with Crippen molar-refractivity contribution in [3.8, 4) is 28.3 Å². The van der Waals surface area contributed by atoms with E-state index in [1.807, 2.05) is 12.3 Å². The van der Waals surface area contributed by atoms with Gasteiger partial charge in [0.2, 0.25) is 0 Å². The van der Waals surface area contributed by atoms with Crippen molar-refractivity contribution in [2.75, 3.05) is 0 Å². The summed E-state index contributed by atoms with van der Waals surface area (Å²) in [4.78, 5) is 5.14. The Morgan fingerprint density at radius 3 is 1.81 bits per heavy atom. The van der Waals surface area contributed by atoms with Gasteiger partial charge >= 0.3 is 0 Å². The summed E-state index contributed by atoms with van der Waals surface area (Å²) in [7, 11) is 0. The molecule has 4 heterocycles. The van der Waals surface area contributed by atoms with Crippen LogP contribution in [0, 0.1) is 0 Å². The molecular weight excluding hydrogens is 573 g/mol. The number of para-hydroxylation sites is 3. The van der Waals surface area contributed by atoms with Gasteiger partial charge < -0.3 is 9.13 Å². The van der Waals surface area contributed by atoms with Crippen molar-refractivity contribution in [1.82, 2.24) is 18.7 Å². The van der Waals surface area contributed by atoms with Crippen molar-refractivity contribution < 1.29 is 0 Å². The highest BCUT2D eigenvalue weighted by atomic mass is 15.1. The van der Waals surface area contributed by atoms with Gasteiger partial charge in [0.1, 0.15) is 5.82 Å². The molecule has 47 heavy (non-hydrogen) atoms. The molecule has 0 saturated carbocycles. The van der Waals surface area contributed by atoms with Crippen LogP contribution < -0.4 is 0 Å². The lowest BCUT2D eigenvalue weighted by Gasteiger charge is -2.12. The molecule has 0 saturated heterocycles. The lowest BCUT2D eigenvalue weighted by molar-refractivity contribution is 1.08. The Bertz CT molecular complexity index is 2750. The average Bonchev–Trinajstić information content (AvgIpc) is 3.81. The van der Waals surface area contributed by atoms with E-state index < -0.39 is 0 Å². The first-order chi connectivity index (χ1) is 23.3. The highest BCUT2D eigenvalue weighted by molar-refractivity contribution is 6.24. The molecular formula is C43H28N4. The van der Waals surface area contributed by atoms with Gasteiger partial charge in [0.05, 0.1) is 27.6 Å². The first-order valence-corrected chi connectivity index (χ1v) is 16.0. The molecule has 4 nitrogen and oxygen atoms in total. The summed E-state index contributed by atoms with van der Waals surface area (Å²) >= 11 is 0. The maximum absolute atomic E-state index is 5.14. The van der Waals surface area contributed by atoms with Crippen LogP contribution >= 0.6 is 0 Å². The zero-order valence-corrected chi connectivity index (χ0v) is 25.5. The molecule has 220 valence electrons. The molecule has 6 aromatic carbocycles. The van der Waals surface area contributed by atoms with Crippen molar-refractivity contribution in [2.24, 2.45) is 0 Å². The minimum Gasteiger partial charge on any atom is -0.317 e. The summed E-state index contributed by atoms with van der Waals surface area (Å²) in [6.45, 7) is 0. The van der Waals surface area contributed by atoms with Gasteiger partial charge in [0.25, 0.3) is 0 Å². The van der Waals surface area contributed by atoms with E-state index in [0.29, 0.717) is 0 Å². The quantitative estimate of drug-likeness (QED) is 0.197. The molecule has 10 rings (SSSR count). The third-order valence-electron chi connectivity index (χ3n) is 9.51. The third kappa shape index (κ3) is 3.85. The Hall–Kier alpha value is -6.39. The van der Waals surface area contributed by atoms with Crippen LogP contribution in [-0.2, 0) is 0 Å². The highest BCUT2D eigenvalue weighted by Gasteiger charge is 2.22. The molecule has 0 aliphatic carbocycles. The van der Waals surface area contributed by atoms with Crippen LogP contribution in [0.15, 0.2) is 170 Å². The molecule has 0 amide bonds. The Balaban J connectivity index is 1.36. The molecule has 0 aliphatic heterocycles. The maximum atomic E-state index is 5.14. The second-order valence-corrected chi connectivity index (χ2v) is 12.1. The van der Waals surface area contributed by atoms with Crippen LogP contribution in [0.2, 0.25) is 0 Å². The first-order valence-electron chi connectivity index (χ1n) is 16.0. The van der Waals surface area contributed by atoms with E-state index in [4.69, 9.17) is 4.98 Å². The minimum absolute atomic E-state index is 0.892. The highest BCUT2D eigenvalue weighted by Crippen LogP contribution is 2.42. The van der Waals surface area contributed by atoms with E-state index in [-0.39, 0.29) is 0 Å². The molecule has 0 radical (unpaired) electrons. The van der Waals surface area contributed by atoms with Gasteiger partial charge in [-0.2, -0.15) is 0 Å². The van der Waals surface area contributed by atoms with Crippen LogP contribution in [0.25, 0.3) is 82.8 Å². The molecule has 0 fully saturated rings. The number of hydrogen-bond acceptors (Lipinski definition) is 1. The van der Waals surface area contributed by atoms with Gasteiger partial charge in [-0.25, -0.2) is 4.98 Å². The number of pyridine rings is 1. The minimum atomic E-state index is 0.892. The fourth-order valence-electron chi connectivity index (χ4n) is 7.39. The van der Waals surface area contributed by atoms with Crippen LogP contribution in [0.5, 0.6) is 0 Å². The average molecular weight is 601 g/mol. The summed E-state index contributed by atoms with van der Waals surface area (Å²) in [6.07, 6.45) is 4.17. The molecule has 0 bridgehead atoms. The molecule has 0 atom stereocenters. The predicted molar refractivity (Wildman–Crippen MR) is 195 cm³/mol. The summed E-state index contributed by atoms with van der Waals surface area (Å²) in [6, 6.07) is 56.3. The smallest absolute Gasteiger partial charge is 0.137 e. The first kappa shape index (κ1) is 25.9. The Labute approximate surface area is 271 Å². The van der Waals surface area contributed by atoms with Gasteiger partial charge in [0.15, 0.2) is 0 Å². The van der Waals surface area contributed by atoms with Crippen molar-refractivity contribution in [3.63, 3.8) is 0 Å². The molecule has 4 aromatic heterocycles. The number of rotatable bonds is 4. The van der Waals surface area contributed by atoms with Crippen LogP contribution in [-0.4, -0.2) is 18.7 Å². The molecule has 0 spiro atoms. The van der Waals surface area contributed by atoms with E-state index in [2.05, 4.69) is 172 Å². The van der Waals surface area contributed by atoms with Crippen molar-refractivity contribution in [2.45, 2.75) is 0 Å². The Morgan fingerprint density at radius 1 is 0.404 bits per heavy atom. The van der Waals surface area contributed by atoms with Crippen molar-refractivity contribution in [3.05, 3.63) is 170 Å². The zero-order valence-electron chi connectivity index (χ0n) is 25.5. The van der Waals surface area contributed by atoms with Gasteiger partial charge in [-0.15, -0.1) is 0 Å². The summed E-state index contributed by atoms with van der Waals surface area (Å²) in [5.74, 6) is 0.892. The molecule has 4 heteroatoms. The van der Waals surface area contributed by atoms with Gasteiger partial charge in [0, 0.05) is 56.3 Å². The molecule has 0 N–H and O–H groups in total. The van der Waals surface area contributed by atoms with Crippen LogP contribution in [0.1, 0.15) is 0 Å². The summed E-state index contributed by atoms with van der Waals surface area (Å²) < 4.78 is 7.08. The summed E-state index contributed by atoms with van der Waals surface area (Å²) in [5, 5.41) is 6.04. The number of fused-ring (bicyclic) bond motifs is 8. The van der Waals surface area contributed by atoms with Gasteiger partial charge in [-0.1, -0.05) is 97.1 Å². The number of benzene rings is 6. The number of aromatic nitrogens is 4. The topological polar surface area (TPSA) is 27.7 Å². The monoisotopic (exact) mass is 600 g/mol. The maximum Gasteiger partial charge on any atom is 0.137 e. The Kier molecular flexibility index (Phi) is 5.54. The standard InChI is InChI=1S/C43H28N4/c1-4-12-29(13-5-1)31-20-23-41(44-28-31)47-40-26-30-24-25-45(32-14-6-2-7-15-32)39(30)27-37(40)36-22-21-35-34-18-10-11-19-38(34)46(42(35)43(36)47)33-16-8-3-9-17-33/h1-28H. The number of hydrogen-bond donors (Lipinski definition) is 0. The zero-order chi connectivity index (χ0) is 30.9. The van der Waals surface area contributed by atoms with Crippen molar-refractivity contribution in [1.29, 1.82) is 0 Å². The largest absolute Gasteiger partial charge is 0.317 e. The fraction of sp³-hybridized carbons (Fsp3) is 0. The lowest BCUT2D eigenvalue weighted by Crippen LogP contribution is -2.00. The number of nitrogens with zero attached hydrogens (tertiary/aromatic N) is 4. The van der Waals surface area contributed by atoms with E-state index in [0.717, 1.165) is 39.4 Å². The summed E-state index contributed by atoms with van der Waals surface area (Å²) in [5.41, 5.74) is 10.4. The van der Waals surface area contributed by atoms with Gasteiger partial charge in [-0.3, -0.25) is 4.57 Å². The molecule has 10 aromatic rings. The SMILES string of the molecule is c1ccc(-c2ccc(-n3c4cc5ccn(-c6ccccc6)c5cc4c4ccc5c6ccccc6n(-c6ccccc6)c5c43)nc2)cc1. The van der Waals surface area contributed by atoms with Crippen molar-refractivity contribution >= 4 is 54.5 Å². The molecule has 0 unspecified atom stereocenters. The lowest BCUT2D eigenvalue weighted by atomic mass is 10.1. The molecule has 0 aliphatic rings. The second kappa shape index (κ2) is 10.1. The van der Waals surface area contributed by atoms with Gasteiger partial charge in [-0.05, 0) is 66.2 Å². The Morgan fingerprint density at radius 2 is 1.06 bits per heavy atom. The van der Waals surface area contributed by atoms with E-state index in [9.17, 15) is 0 Å². The third-order valence-corrected chi connectivity index (χ3v) is 9.51. The predicted octanol–water partition coefficient (Wildman–Crippen LogP) is 10.9. The van der Waals surface area contributed by atoms with E-state index in [1.54, 1.807) is 0 Å². The second-order valence-electron chi connectivity index (χ2n) is 12.1. The normalized spacial score (nSPS) is 11.8.